The molecule has 0 bridgehead atoms. The van der Waals surface area contributed by atoms with E-state index >= 15 is 0 Å². The summed E-state index contributed by atoms with van der Waals surface area (Å²) in [6.45, 7) is 2.09. The van der Waals surface area contributed by atoms with Crippen molar-refractivity contribution in [1.29, 1.82) is 0 Å². The Morgan fingerprint density at radius 2 is 2.04 bits per heavy atom. The van der Waals surface area contributed by atoms with E-state index in [0.29, 0.717) is 11.1 Å². The summed E-state index contributed by atoms with van der Waals surface area (Å²) in [6.07, 6.45) is 2.79. The third-order valence-corrected chi connectivity index (χ3v) is 5.25. The number of H-pyrrole nitrogens is 1. The summed E-state index contributed by atoms with van der Waals surface area (Å²) in [6, 6.07) is 16.6. The van der Waals surface area contributed by atoms with Crippen LogP contribution < -0.4 is 5.73 Å². The number of nitrogens with zero attached hydrogens (tertiary/aromatic N) is 2. The molecule has 0 aliphatic heterocycles. The number of fused-ring (bicyclic) bond motifs is 1. The molecule has 6 heteroatoms. The topological polar surface area (TPSA) is 82.4 Å². The molecular formula is C20H21N4OS+. The molecule has 1 atom stereocenters. The van der Waals surface area contributed by atoms with Crippen LogP contribution in [0.15, 0.2) is 64.4 Å². The minimum absolute atomic E-state index is 0.0741. The molecule has 4 rings (SSSR count). The zero-order valence-corrected chi connectivity index (χ0v) is 15.4. The molecule has 0 spiro atoms. The first-order valence-corrected chi connectivity index (χ1v) is 9.57. The molecule has 4 aromatic rings. The second kappa shape index (κ2) is 7.35. The lowest BCUT2D eigenvalue weighted by Gasteiger charge is -2.03. The number of hydrogen-bond acceptors (Lipinski definition) is 4. The van der Waals surface area contributed by atoms with Gasteiger partial charge in [-0.1, -0.05) is 59.8 Å². The number of nitrogens with one attached hydrogen (secondary N) is 1. The number of thioether (sulfide) groups is 1. The van der Waals surface area contributed by atoms with Crippen molar-refractivity contribution in [2.24, 2.45) is 0 Å². The summed E-state index contributed by atoms with van der Waals surface area (Å²) < 4.78 is 5.83. The third kappa shape index (κ3) is 3.66. The molecule has 2 heterocycles. The van der Waals surface area contributed by atoms with Crippen molar-refractivity contribution in [3.63, 3.8) is 0 Å². The summed E-state index contributed by atoms with van der Waals surface area (Å²) in [5, 5.41) is 10.2. The molecule has 0 amide bonds. The predicted octanol–water partition coefficient (Wildman–Crippen LogP) is 3.68. The Labute approximate surface area is 156 Å². The van der Waals surface area contributed by atoms with Crippen molar-refractivity contribution in [2.75, 3.05) is 0 Å². The standard InChI is InChI=1S/C20H20N4OS/c1-13-5-4-6-14(9-13)12-26-20-24-23-19(25-20)17(21)10-15-11-22-18-8-3-2-7-16(15)18/h2-9,11,17,22H,10,12,21H2,1H3/p+1/t17-/m0/s1. The molecule has 0 aliphatic carbocycles. The quantitative estimate of drug-likeness (QED) is 0.511. The zero-order valence-electron chi connectivity index (χ0n) is 14.6. The monoisotopic (exact) mass is 365 g/mol. The Morgan fingerprint density at radius 3 is 2.92 bits per heavy atom. The van der Waals surface area contributed by atoms with Crippen molar-refractivity contribution in [3.8, 4) is 0 Å². The first kappa shape index (κ1) is 16.9. The lowest BCUT2D eigenvalue weighted by Crippen LogP contribution is -2.54. The third-order valence-electron chi connectivity index (χ3n) is 4.36. The molecule has 5 nitrogen and oxygen atoms in total. The van der Waals surface area contributed by atoms with Gasteiger partial charge < -0.3 is 15.1 Å². The molecule has 4 N–H and O–H groups in total. The first-order valence-electron chi connectivity index (χ1n) is 8.59. The van der Waals surface area contributed by atoms with Crippen LogP contribution in [-0.2, 0) is 12.2 Å². The summed E-state index contributed by atoms with van der Waals surface area (Å²) in [4.78, 5) is 3.29. The largest absolute Gasteiger partial charge is 0.410 e. The van der Waals surface area contributed by atoms with Gasteiger partial charge in [-0.3, -0.25) is 0 Å². The Hall–Kier alpha value is -2.57. The highest BCUT2D eigenvalue weighted by Crippen LogP contribution is 2.25. The van der Waals surface area contributed by atoms with Gasteiger partial charge in [0.15, 0.2) is 6.04 Å². The average Bonchev–Trinajstić information content (AvgIpc) is 3.28. The smallest absolute Gasteiger partial charge is 0.277 e. The van der Waals surface area contributed by atoms with E-state index in [9.17, 15) is 0 Å². The van der Waals surface area contributed by atoms with Crippen LogP contribution in [0.4, 0.5) is 0 Å². The van der Waals surface area contributed by atoms with Gasteiger partial charge in [0.05, 0.1) is 0 Å². The van der Waals surface area contributed by atoms with Gasteiger partial charge >= 0.3 is 0 Å². The molecular weight excluding hydrogens is 344 g/mol. The van der Waals surface area contributed by atoms with Gasteiger partial charge in [0.1, 0.15) is 0 Å². The summed E-state index contributed by atoms with van der Waals surface area (Å²) in [7, 11) is 0. The van der Waals surface area contributed by atoms with Crippen molar-refractivity contribution < 1.29 is 10.2 Å². The number of rotatable bonds is 6. The molecule has 0 fully saturated rings. The van der Waals surface area contributed by atoms with Gasteiger partial charge in [-0.15, -0.1) is 10.2 Å². The maximum atomic E-state index is 5.83. The van der Waals surface area contributed by atoms with Gasteiger partial charge in [0, 0.05) is 29.3 Å². The SMILES string of the molecule is Cc1cccc(CSc2nnc([C@@H]([NH3+])Cc3c[nH]c4ccccc34)o2)c1. The summed E-state index contributed by atoms with van der Waals surface area (Å²) in [5.41, 5.74) is 9.07. The number of benzene rings is 2. The molecule has 2 aromatic heterocycles. The van der Waals surface area contributed by atoms with E-state index in [-0.39, 0.29) is 6.04 Å². The maximum absolute atomic E-state index is 5.83. The van der Waals surface area contributed by atoms with Crippen molar-refractivity contribution in [1.82, 2.24) is 15.2 Å². The van der Waals surface area contributed by atoms with E-state index in [1.165, 1.54) is 22.1 Å². The number of quaternary nitrogens is 1. The van der Waals surface area contributed by atoms with E-state index in [4.69, 9.17) is 4.42 Å². The van der Waals surface area contributed by atoms with Gasteiger partial charge in [-0.2, -0.15) is 0 Å². The molecule has 0 saturated carbocycles. The van der Waals surface area contributed by atoms with Gasteiger partial charge in [-0.05, 0) is 24.1 Å². The Bertz CT molecular complexity index is 1020. The maximum Gasteiger partial charge on any atom is 0.277 e. The van der Waals surface area contributed by atoms with Crippen molar-refractivity contribution in [3.05, 3.63) is 77.3 Å². The average molecular weight is 365 g/mol. The van der Waals surface area contributed by atoms with E-state index in [0.717, 1.165) is 17.7 Å². The lowest BCUT2D eigenvalue weighted by atomic mass is 10.1. The summed E-state index contributed by atoms with van der Waals surface area (Å²) >= 11 is 1.56. The fraction of sp³-hybridized carbons (Fsp3) is 0.200. The van der Waals surface area contributed by atoms with E-state index in [2.05, 4.69) is 64.2 Å². The Kier molecular flexibility index (Phi) is 4.77. The normalized spacial score (nSPS) is 12.5. The van der Waals surface area contributed by atoms with Crippen LogP contribution in [0.2, 0.25) is 0 Å². The molecule has 0 radical (unpaired) electrons. The van der Waals surface area contributed by atoms with Crippen molar-refractivity contribution >= 4 is 22.7 Å². The Morgan fingerprint density at radius 1 is 1.15 bits per heavy atom. The van der Waals surface area contributed by atoms with Crippen LogP contribution >= 0.6 is 11.8 Å². The minimum Gasteiger partial charge on any atom is -0.410 e. The van der Waals surface area contributed by atoms with Gasteiger partial charge in [0.25, 0.3) is 11.1 Å². The molecule has 0 unspecified atom stereocenters. The molecule has 132 valence electrons. The first-order chi connectivity index (χ1) is 12.7. The zero-order chi connectivity index (χ0) is 17.9. The van der Waals surface area contributed by atoms with Crippen LogP contribution in [-0.4, -0.2) is 15.2 Å². The van der Waals surface area contributed by atoms with Crippen molar-refractivity contribution in [2.45, 2.75) is 30.4 Å². The number of aryl methyl sites for hydroxylation is 1. The van der Waals surface area contributed by atoms with Crippen LogP contribution in [0, 0.1) is 6.92 Å². The predicted molar refractivity (Wildman–Crippen MR) is 103 cm³/mol. The number of aromatic nitrogens is 3. The second-order valence-corrected chi connectivity index (χ2v) is 7.37. The molecule has 0 saturated heterocycles. The number of hydrogen-bond donors (Lipinski definition) is 2. The minimum atomic E-state index is -0.0741. The number of aromatic amines is 1. The molecule has 26 heavy (non-hydrogen) atoms. The highest BCUT2D eigenvalue weighted by molar-refractivity contribution is 7.98. The van der Waals surface area contributed by atoms with Gasteiger partial charge in [-0.25, -0.2) is 0 Å². The highest BCUT2D eigenvalue weighted by atomic mass is 32.2. The van der Waals surface area contributed by atoms with E-state index < -0.39 is 0 Å². The van der Waals surface area contributed by atoms with Crippen LogP contribution in [0.25, 0.3) is 10.9 Å². The fourth-order valence-corrected chi connectivity index (χ4v) is 3.76. The van der Waals surface area contributed by atoms with E-state index in [1.54, 1.807) is 11.8 Å². The lowest BCUT2D eigenvalue weighted by molar-refractivity contribution is -0.431. The van der Waals surface area contributed by atoms with Crippen LogP contribution in [0.5, 0.6) is 0 Å². The van der Waals surface area contributed by atoms with Crippen LogP contribution in [0.3, 0.4) is 0 Å². The second-order valence-electron chi connectivity index (χ2n) is 6.44. The van der Waals surface area contributed by atoms with E-state index in [1.807, 2.05) is 18.3 Å². The fourth-order valence-electron chi connectivity index (χ4n) is 3.04. The van der Waals surface area contributed by atoms with Gasteiger partial charge in [0.2, 0.25) is 0 Å². The Balaban J connectivity index is 1.42. The summed E-state index contributed by atoms with van der Waals surface area (Å²) in [5.74, 6) is 1.40. The highest BCUT2D eigenvalue weighted by Gasteiger charge is 2.20. The molecule has 2 aromatic carbocycles. The van der Waals surface area contributed by atoms with Crippen LogP contribution in [0.1, 0.15) is 28.6 Å². The number of para-hydroxylation sites is 1. The molecule has 0 aliphatic rings.